The van der Waals surface area contributed by atoms with Gasteiger partial charge in [0.15, 0.2) is 5.69 Å². The first kappa shape index (κ1) is 14.2. The lowest BCUT2D eigenvalue weighted by atomic mass is 10.1. The number of fused-ring (bicyclic) bond motifs is 1. The number of pyridine rings is 1. The van der Waals surface area contributed by atoms with Gasteiger partial charge in [-0.25, -0.2) is 9.78 Å². The van der Waals surface area contributed by atoms with Crippen LogP contribution < -0.4 is 5.32 Å². The molecule has 1 aromatic heterocycles. The minimum atomic E-state index is -1.30. The first-order valence-corrected chi connectivity index (χ1v) is 6.13. The van der Waals surface area contributed by atoms with Crippen molar-refractivity contribution in [2.75, 3.05) is 18.5 Å². The summed E-state index contributed by atoms with van der Waals surface area (Å²) in [5, 5.41) is 32.3. The maximum Gasteiger partial charge on any atom is 0.354 e. The highest BCUT2D eigenvalue weighted by Gasteiger charge is 2.19. The number of nitrogens with zero attached hydrogens (tertiary/aromatic N) is 1. The van der Waals surface area contributed by atoms with Crippen LogP contribution in [0.25, 0.3) is 10.8 Å². The zero-order valence-electron chi connectivity index (χ0n) is 11.0. The second kappa shape index (κ2) is 5.44. The Balaban J connectivity index is 2.42. The van der Waals surface area contributed by atoms with Crippen LogP contribution in [0.1, 0.15) is 17.4 Å². The number of hydrogen-bond acceptors (Lipinski definition) is 5. The molecule has 2 rings (SSSR count). The average Bonchev–Trinajstić information content (AvgIpc) is 2.44. The Morgan fingerprint density at radius 3 is 2.75 bits per heavy atom. The van der Waals surface area contributed by atoms with Crippen molar-refractivity contribution in [3.63, 3.8) is 0 Å². The number of aromatic nitrogens is 1. The van der Waals surface area contributed by atoms with Gasteiger partial charge in [0, 0.05) is 11.9 Å². The van der Waals surface area contributed by atoms with Gasteiger partial charge in [-0.2, -0.15) is 0 Å². The molecule has 4 N–H and O–H groups in total. The van der Waals surface area contributed by atoms with Crippen molar-refractivity contribution in [2.45, 2.75) is 12.5 Å². The van der Waals surface area contributed by atoms with Gasteiger partial charge in [0.1, 0.15) is 11.4 Å². The van der Waals surface area contributed by atoms with E-state index in [9.17, 15) is 9.90 Å². The Kier molecular flexibility index (Phi) is 3.87. The molecule has 1 unspecified atom stereocenters. The summed E-state index contributed by atoms with van der Waals surface area (Å²) in [5.41, 5.74) is -1.38. The molecule has 6 heteroatoms. The second-order valence-corrected chi connectivity index (χ2v) is 4.89. The summed E-state index contributed by atoms with van der Waals surface area (Å²) >= 11 is 0. The zero-order valence-corrected chi connectivity index (χ0v) is 11.0. The Hall–Kier alpha value is -2.18. The topological polar surface area (TPSA) is 103 Å². The van der Waals surface area contributed by atoms with Crippen LogP contribution >= 0.6 is 0 Å². The van der Waals surface area contributed by atoms with Crippen molar-refractivity contribution in [2.24, 2.45) is 0 Å². The van der Waals surface area contributed by atoms with E-state index in [0.29, 0.717) is 5.82 Å². The number of hydrogen-bond donors (Lipinski definition) is 4. The van der Waals surface area contributed by atoms with Crippen molar-refractivity contribution in [1.82, 2.24) is 4.98 Å². The van der Waals surface area contributed by atoms with Crippen LogP contribution in [0.2, 0.25) is 0 Å². The highest BCUT2D eigenvalue weighted by atomic mass is 16.4. The Labute approximate surface area is 115 Å². The van der Waals surface area contributed by atoms with E-state index in [2.05, 4.69) is 10.3 Å². The SMILES string of the molecule is CC(O)(CO)CNc1nc(C(=O)O)cc2ccccc12. The number of carboxylic acids is 1. The monoisotopic (exact) mass is 276 g/mol. The highest BCUT2D eigenvalue weighted by molar-refractivity contribution is 5.97. The minimum absolute atomic E-state index is 0.0591. The lowest BCUT2D eigenvalue weighted by Gasteiger charge is -2.21. The van der Waals surface area contributed by atoms with Gasteiger partial charge >= 0.3 is 5.97 Å². The summed E-state index contributed by atoms with van der Waals surface area (Å²) in [6.07, 6.45) is 0. The molecule has 20 heavy (non-hydrogen) atoms. The number of anilines is 1. The largest absolute Gasteiger partial charge is 0.477 e. The Morgan fingerprint density at radius 2 is 2.10 bits per heavy atom. The van der Waals surface area contributed by atoms with Gasteiger partial charge in [0.2, 0.25) is 0 Å². The molecule has 106 valence electrons. The molecule has 0 aliphatic heterocycles. The smallest absolute Gasteiger partial charge is 0.354 e. The average molecular weight is 276 g/mol. The van der Waals surface area contributed by atoms with Crippen molar-refractivity contribution in [3.05, 3.63) is 36.0 Å². The molecule has 0 aliphatic carbocycles. The maximum absolute atomic E-state index is 11.1. The quantitative estimate of drug-likeness (QED) is 0.652. The van der Waals surface area contributed by atoms with E-state index in [1.54, 1.807) is 6.07 Å². The van der Waals surface area contributed by atoms with E-state index >= 15 is 0 Å². The number of aliphatic hydroxyl groups is 2. The predicted octanol–water partition coefficient (Wildman–Crippen LogP) is 1.09. The van der Waals surface area contributed by atoms with E-state index in [1.807, 2.05) is 18.2 Å². The summed E-state index contributed by atoms with van der Waals surface area (Å²) in [6, 6.07) is 8.72. The molecule has 1 aromatic carbocycles. The number of benzene rings is 1. The molecule has 0 saturated heterocycles. The summed E-state index contributed by atoms with van der Waals surface area (Å²) in [4.78, 5) is 15.1. The van der Waals surface area contributed by atoms with E-state index < -0.39 is 18.2 Å². The number of carbonyl (C=O) groups is 1. The molecule has 0 radical (unpaired) electrons. The zero-order chi connectivity index (χ0) is 14.8. The van der Waals surface area contributed by atoms with Crippen molar-refractivity contribution >= 4 is 22.6 Å². The van der Waals surface area contributed by atoms with Crippen molar-refractivity contribution < 1.29 is 20.1 Å². The normalized spacial score (nSPS) is 13.9. The lowest BCUT2D eigenvalue weighted by molar-refractivity contribution is 0.0132. The molecule has 1 heterocycles. The third-order valence-electron chi connectivity index (χ3n) is 2.94. The molecule has 0 bridgehead atoms. The Morgan fingerprint density at radius 1 is 1.40 bits per heavy atom. The number of aliphatic hydroxyl groups excluding tert-OH is 1. The van der Waals surface area contributed by atoms with Crippen molar-refractivity contribution in [1.29, 1.82) is 0 Å². The van der Waals surface area contributed by atoms with Crippen LogP contribution in [-0.4, -0.2) is 45.0 Å². The molecule has 6 nitrogen and oxygen atoms in total. The molecule has 0 amide bonds. The molecular weight excluding hydrogens is 260 g/mol. The van der Waals surface area contributed by atoms with E-state index in [0.717, 1.165) is 10.8 Å². The molecule has 2 aromatic rings. The van der Waals surface area contributed by atoms with Crippen LogP contribution in [0.4, 0.5) is 5.82 Å². The first-order valence-electron chi connectivity index (χ1n) is 6.13. The third-order valence-corrected chi connectivity index (χ3v) is 2.94. The fourth-order valence-corrected chi connectivity index (χ4v) is 1.77. The molecule has 0 spiro atoms. The van der Waals surface area contributed by atoms with E-state index in [1.165, 1.54) is 13.0 Å². The van der Waals surface area contributed by atoms with Gasteiger partial charge in [-0.05, 0) is 18.4 Å². The third kappa shape index (κ3) is 3.04. The van der Waals surface area contributed by atoms with Crippen LogP contribution in [0.3, 0.4) is 0 Å². The van der Waals surface area contributed by atoms with Crippen LogP contribution in [-0.2, 0) is 0 Å². The number of aromatic carboxylic acids is 1. The van der Waals surface area contributed by atoms with Gasteiger partial charge < -0.3 is 20.6 Å². The summed E-state index contributed by atoms with van der Waals surface area (Å²) in [7, 11) is 0. The van der Waals surface area contributed by atoms with Crippen LogP contribution in [0.5, 0.6) is 0 Å². The molecule has 1 atom stereocenters. The summed E-state index contributed by atoms with van der Waals surface area (Å²) in [5.74, 6) is -0.748. The fraction of sp³-hybridized carbons (Fsp3) is 0.286. The van der Waals surface area contributed by atoms with Crippen LogP contribution in [0, 0.1) is 0 Å². The van der Waals surface area contributed by atoms with Gasteiger partial charge in [-0.1, -0.05) is 24.3 Å². The molecular formula is C14H16N2O4. The number of nitrogens with one attached hydrogen (secondary N) is 1. The predicted molar refractivity (Wildman–Crippen MR) is 74.9 cm³/mol. The van der Waals surface area contributed by atoms with Gasteiger partial charge in [0.05, 0.1) is 6.61 Å². The first-order chi connectivity index (χ1) is 9.43. The second-order valence-electron chi connectivity index (χ2n) is 4.89. The number of carboxylic acid groups (broad SMARTS) is 1. The van der Waals surface area contributed by atoms with Crippen molar-refractivity contribution in [3.8, 4) is 0 Å². The van der Waals surface area contributed by atoms with E-state index in [-0.39, 0.29) is 12.2 Å². The molecule has 0 fully saturated rings. The van der Waals surface area contributed by atoms with E-state index in [4.69, 9.17) is 10.2 Å². The lowest BCUT2D eigenvalue weighted by Crippen LogP contribution is -2.37. The molecule has 0 saturated carbocycles. The van der Waals surface area contributed by atoms with Gasteiger partial charge in [-0.15, -0.1) is 0 Å². The van der Waals surface area contributed by atoms with Crippen LogP contribution in [0.15, 0.2) is 30.3 Å². The molecule has 0 aliphatic rings. The van der Waals surface area contributed by atoms with Gasteiger partial charge in [-0.3, -0.25) is 0 Å². The highest BCUT2D eigenvalue weighted by Crippen LogP contribution is 2.23. The Bertz CT molecular complexity index is 640. The number of rotatable bonds is 5. The maximum atomic E-state index is 11.1. The standard InChI is InChI=1S/C14H16N2O4/c1-14(20,8-17)7-15-12-10-5-3-2-4-9(10)6-11(16-12)13(18)19/h2-6,17,20H,7-8H2,1H3,(H,15,16)(H,18,19). The van der Waals surface area contributed by atoms with Gasteiger partial charge in [0.25, 0.3) is 0 Å². The summed E-state index contributed by atoms with van der Waals surface area (Å²) < 4.78 is 0. The summed E-state index contributed by atoms with van der Waals surface area (Å²) in [6.45, 7) is 1.13. The fourth-order valence-electron chi connectivity index (χ4n) is 1.77. The minimum Gasteiger partial charge on any atom is -0.477 e.